The van der Waals surface area contributed by atoms with Crippen LogP contribution in [0.3, 0.4) is 0 Å². The van der Waals surface area contributed by atoms with Gasteiger partial charge in [-0.15, -0.1) is 0 Å². The van der Waals surface area contributed by atoms with E-state index in [0.717, 1.165) is 10.9 Å². The molecule has 4 heteroatoms. The van der Waals surface area contributed by atoms with Crippen LogP contribution in [-0.4, -0.2) is 9.97 Å². The predicted molar refractivity (Wildman–Crippen MR) is 61.5 cm³/mol. The molecule has 0 spiro atoms. The molecule has 0 bridgehead atoms. The van der Waals surface area contributed by atoms with Gasteiger partial charge in [-0.25, -0.2) is 4.79 Å². The summed E-state index contributed by atoms with van der Waals surface area (Å²) in [6.45, 7) is 1.92. The van der Waals surface area contributed by atoms with Gasteiger partial charge in [0.2, 0.25) is 0 Å². The van der Waals surface area contributed by atoms with Crippen molar-refractivity contribution >= 4 is 22.8 Å². The number of nitrogens with zero attached hydrogens (tertiary/aromatic N) is 1. The largest absolute Gasteiger partial charge is 0.383 e. The lowest BCUT2D eigenvalue weighted by Crippen LogP contribution is -2.12. The molecule has 0 saturated carbocycles. The number of nitrogens with one attached hydrogen (secondary N) is 1. The molecule has 0 fully saturated rings. The van der Waals surface area contributed by atoms with E-state index in [1.54, 1.807) is 0 Å². The van der Waals surface area contributed by atoms with Crippen molar-refractivity contribution < 1.29 is 0 Å². The minimum atomic E-state index is -0.419. The first-order valence-electron chi connectivity index (χ1n) is 4.63. The van der Waals surface area contributed by atoms with Gasteiger partial charge in [0.05, 0.1) is 5.52 Å². The van der Waals surface area contributed by atoms with Crippen molar-refractivity contribution in [1.82, 2.24) is 9.97 Å². The smallest absolute Gasteiger partial charge is 0.347 e. The van der Waals surface area contributed by atoms with Crippen molar-refractivity contribution in [2.24, 2.45) is 0 Å². The number of fused-ring (bicyclic) bond motifs is 1. The molecule has 4 nitrogen and oxygen atoms in total. The highest BCUT2D eigenvalue weighted by Gasteiger charge is 2.04. The van der Waals surface area contributed by atoms with E-state index in [9.17, 15) is 4.79 Å². The summed E-state index contributed by atoms with van der Waals surface area (Å²) in [7, 11) is 0. The highest BCUT2D eigenvalue weighted by Crippen LogP contribution is 2.21. The fourth-order valence-corrected chi connectivity index (χ4v) is 1.59. The summed E-state index contributed by atoms with van der Waals surface area (Å²) in [5.74, 6) is 0.266. The molecule has 0 saturated heterocycles. The summed E-state index contributed by atoms with van der Waals surface area (Å²) >= 11 is 0. The maximum absolute atomic E-state index is 11.1. The molecular formula is C11H11N3O. The quantitative estimate of drug-likeness (QED) is 0.735. The summed E-state index contributed by atoms with van der Waals surface area (Å²) in [6.07, 6.45) is 3.85. The number of nitrogen functional groups attached to an aromatic ring is 1. The molecule has 0 unspecified atom stereocenters. The first kappa shape index (κ1) is 9.45. The Morgan fingerprint density at radius 3 is 3.00 bits per heavy atom. The number of aromatic nitrogens is 2. The molecule has 1 aromatic heterocycles. The Morgan fingerprint density at radius 2 is 2.27 bits per heavy atom. The zero-order valence-corrected chi connectivity index (χ0v) is 8.32. The average molecular weight is 201 g/mol. The van der Waals surface area contributed by atoms with Gasteiger partial charge in [0.25, 0.3) is 0 Å². The van der Waals surface area contributed by atoms with Crippen LogP contribution in [0.15, 0.2) is 29.1 Å². The fourth-order valence-electron chi connectivity index (χ4n) is 1.59. The van der Waals surface area contributed by atoms with Crippen molar-refractivity contribution in [2.45, 2.75) is 6.92 Å². The summed E-state index contributed by atoms with van der Waals surface area (Å²) in [5, 5.41) is 0.787. The summed E-state index contributed by atoms with van der Waals surface area (Å²) in [6, 6.07) is 5.60. The minimum Gasteiger partial charge on any atom is -0.383 e. The van der Waals surface area contributed by atoms with Crippen molar-refractivity contribution in [3.05, 3.63) is 40.3 Å². The number of hydrogen-bond acceptors (Lipinski definition) is 3. The van der Waals surface area contributed by atoms with E-state index >= 15 is 0 Å². The normalized spacial score (nSPS) is 11.3. The molecular weight excluding hydrogens is 190 g/mol. The molecule has 2 rings (SSSR count). The molecule has 0 radical (unpaired) electrons. The third-order valence-corrected chi connectivity index (χ3v) is 2.16. The van der Waals surface area contributed by atoms with Crippen molar-refractivity contribution in [3.8, 4) is 0 Å². The number of H-pyrrole nitrogens is 1. The van der Waals surface area contributed by atoms with Gasteiger partial charge in [-0.2, -0.15) is 4.98 Å². The zero-order chi connectivity index (χ0) is 10.8. The number of benzene rings is 1. The number of allylic oxidation sites excluding steroid dienone is 1. The lowest BCUT2D eigenvalue weighted by molar-refractivity contribution is 1.13. The van der Waals surface area contributed by atoms with Gasteiger partial charge in [-0.05, 0) is 18.6 Å². The molecule has 0 amide bonds. The highest BCUT2D eigenvalue weighted by molar-refractivity contribution is 5.95. The van der Waals surface area contributed by atoms with Crippen LogP contribution in [-0.2, 0) is 0 Å². The van der Waals surface area contributed by atoms with E-state index in [1.165, 1.54) is 0 Å². The summed E-state index contributed by atoms with van der Waals surface area (Å²) in [5.41, 5.74) is 6.97. The molecule has 0 atom stereocenters. The van der Waals surface area contributed by atoms with E-state index in [4.69, 9.17) is 5.73 Å². The van der Waals surface area contributed by atoms with Gasteiger partial charge in [0.1, 0.15) is 5.82 Å². The van der Waals surface area contributed by atoms with Crippen LogP contribution in [0.5, 0.6) is 0 Å². The lowest BCUT2D eigenvalue weighted by Gasteiger charge is -2.03. The second kappa shape index (κ2) is 3.57. The minimum absolute atomic E-state index is 0.266. The Balaban J connectivity index is 2.91. The van der Waals surface area contributed by atoms with Crippen LogP contribution >= 0.6 is 0 Å². The van der Waals surface area contributed by atoms with Gasteiger partial charge in [-0.1, -0.05) is 24.3 Å². The Kier molecular flexibility index (Phi) is 2.25. The molecule has 0 aliphatic rings. The lowest BCUT2D eigenvalue weighted by atomic mass is 10.1. The van der Waals surface area contributed by atoms with Gasteiger partial charge < -0.3 is 10.7 Å². The first-order chi connectivity index (χ1) is 7.22. The second-order valence-corrected chi connectivity index (χ2v) is 3.20. The standard InChI is InChI=1S/C11H11N3O/c1-2-4-7-5-3-6-8-9(7)10(12)14-11(15)13-8/h2-6H,1H3,(H3,12,13,14,15)/b4-2+. The van der Waals surface area contributed by atoms with Crippen LogP contribution in [0.25, 0.3) is 17.0 Å². The molecule has 0 aliphatic heterocycles. The van der Waals surface area contributed by atoms with Crippen LogP contribution in [0, 0.1) is 0 Å². The van der Waals surface area contributed by atoms with E-state index in [-0.39, 0.29) is 5.82 Å². The maximum atomic E-state index is 11.1. The number of anilines is 1. The Morgan fingerprint density at radius 1 is 1.47 bits per heavy atom. The van der Waals surface area contributed by atoms with E-state index in [1.807, 2.05) is 37.3 Å². The Labute approximate surface area is 86.5 Å². The third kappa shape index (κ3) is 1.61. The van der Waals surface area contributed by atoms with Gasteiger partial charge in [-0.3, -0.25) is 0 Å². The number of rotatable bonds is 1. The topological polar surface area (TPSA) is 71.8 Å². The first-order valence-corrected chi connectivity index (χ1v) is 4.63. The zero-order valence-electron chi connectivity index (χ0n) is 8.32. The Bertz CT molecular complexity index is 584. The van der Waals surface area contributed by atoms with Crippen LogP contribution in [0.2, 0.25) is 0 Å². The molecule has 1 aromatic carbocycles. The fraction of sp³-hybridized carbons (Fsp3) is 0.0909. The van der Waals surface area contributed by atoms with Crippen LogP contribution in [0.1, 0.15) is 12.5 Å². The summed E-state index contributed by atoms with van der Waals surface area (Å²) in [4.78, 5) is 17.4. The van der Waals surface area contributed by atoms with Crippen molar-refractivity contribution in [3.63, 3.8) is 0 Å². The molecule has 0 aliphatic carbocycles. The second-order valence-electron chi connectivity index (χ2n) is 3.20. The van der Waals surface area contributed by atoms with Crippen molar-refractivity contribution in [1.29, 1.82) is 0 Å². The molecule has 2 aromatic rings. The number of nitrogens with two attached hydrogens (primary N) is 1. The molecule has 3 N–H and O–H groups in total. The number of aromatic amines is 1. The molecule has 15 heavy (non-hydrogen) atoms. The van der Waals surface area contributed by atoms with E-state index < -0.39 is 5.69 Å². The molecule has 1 heterocycles. The maximum Gasteiger partial charge on any atom is 0.347 e. The highest BCUT2D eigenvalue weighted by atomic mass is 16.1. The monoisotopic (exact) mass is 201 g/mol. The van der Waals surface area contributed by atoms with E-state index in [2.05, 4.69) is 9.97 Å². The van der Waals surface area contributed by atoms with Crippen LogP contribution < -0.4 is 11.4 Å². The van der Waals surface area contributed by atoms with Crippen molar-refractivity contribution in [2.75, 3.05) is 5.73 Å². The SMILES string of the molecule is C/C=C/c1cccc2[nH]c(=O)nc(N)c12. The van der Waals surface area contributed by atoms with Gasteiger partial charge >= 0.3 is 5.69 Å². The average Bonchev–Trinajstić information content (AvgIpc) is 2.17. The number of hydrogen-bond donors (Lipinski definition) is 2. The Hall–Kier alpha value is -2.10. The molecule has 76 valence electrons. The predicted octanol–water partition coefficient (Wildman–Crippen LogP) is 1.54. The van der Waals surface area contributed by atoms with Gasteiger partial charge in [0, 0.05) is 5.39 Å². The summed E-state index contributed by atoms with van der Waals surface area (Å²) < 4.78 is 0. The van der Waals surface area contributed by atoms with Gasteiger partial charge in [0.15, 0.2) is 0 Å². The third-order valence-electron chi connectivity index (χ3n) is 2.16. The van der Waals surface area contributed by atoms with E-state index in [0.29, 0.717) is 5.52 Å². The van der Waals surface area contributed by atoms with Crippen LogP contribution in [0.4, 0.5) is 5.82 Å².